The van der Waals surface area contributed by atoms with E-state index in [1.54, 1.807) is 6.92 Å². The number of likely N-dealkylation sites (tertiary alicyclic amines) is 1. The third-order valence-corrected chi connectivity index (χ3v) is 5.33. The van der Waals surface area contributed by atoms with Crippen molar-refractivity contribution >= 4 is 11.3 Å². The summed E-state index contributed by atoms with van der Waals surface area (Å²) in [6.07, 6.45) is 1.29. The number of nitrogens with zero attached hydrogens (tertiary/aromatic N) is 4. The maximum Gasteiger partial charge on any atom is 0.111 e. The average molecular weight is 340 g/mol. The van der Waals surface area contributed by atoms with Crippen molar-refractivity contribution in [2.75, 3.05) is 13.1 Å². The molecule has 4 rings (SSSR count). The van der Waals surface area contributed by atoms with E-state index in [1.165, 1.54) is 16.0 Å². The summed E-state index contributed by atoms with van der Waals surface area (Å²) in [5.41, 5.74) is 3.21. The summed E-state index contributed by atoms with van der Waals surface area (Å²) in [5, 5.41) is 19.9. The Labute approximate surface area is 145 Å². The first kappa shape index (κ1) is 15.5. The van der Waals surface area contributed by atoms with Gasteiger partial charge in [0.2, 0.25) is 0 Å². The van der Waals surface area contributed by atoms with Crippen LogP contribution in [0.1, 0.15) is 29.6 Å². The summed E-state index contributed by atoms with van der Waals surface area (Å²) in [5.74, 6) is 0. The molecule has 0 bridgehead atoms. The van der Waals surface area contributed by atoms with Gasteiger partial charge in [-0.15, -0.1) is 16.4 Å². The van der Waals surface area contributed by atoms with E-state index < -0.39 is 6.10 Å². The first-order chi connectivity index (χ1) is 11.7. The van der Waals surface area contributed by atoms with Crippen molar-refractivity contribution in [3.63, 3.8) is 0 Å². The van der Waals surface area contributed by atoms with E-state index in [-0.39, 0.29) is 0 Å². The number of aliphatic hydroxyl groups is 1. The van der Waals surface area contributed by atoms with Crippen molar-refractivity contribution in [2.45, 2.75) is 25.6 Å². The first-order valence-corrected chi connectivity index (χ1v) is 9.02. The molecule has 1 unspecified atom stereocenters. The van der Waals surface area contributed by atoms with Gasteiger partial charge in [0.1, 0.15) is 5.69 Å². The predicted octanol–water partition coefficient (Wildman–Crippen LogP) is 3.12. The van der Waals surface area contributed by atoms with Gasteiger partial charge < -0.3 is 5.11 Å². The smallest absolute Gasteiger partial charge is 0.111 e. The Kier molecular flexibility index (Phi) is 4.18. The zero-order chi connectivity index (χ0) is 16.5. The molecule has 1 N–H and O–H groups in total. The van der Waals surface area contributed by atoms with E-state index in [0.717, 1.165) is 19.6 Å². The van der Waals surface area contributed by atoms with Crippen LogP contribution in [-0.2, 0) is 6.54 Å². The molecule has 3 aromatic rings. The highest BCUT2D eigenvalue weighted by atomic mass is 32.1. The summed E-state index contributed by atoms with van der Waals surface area (Å²) >= 11 is 1.82. The quantitative estimate of drug-likeness (QED) is 0.775. The van der Waals surface area contributed by atoms with E-state index in [1.807, 2.05) is 28.3 Å². The zero-order valence-electron chi connectivity index (χ0n) is 13.5. The van der Waals surface area contributed by atoms with Gasteiger partial charge in [0.15, 0.2) is 0 Å². The molecular weight excluding hydrogens is 320 g/mol. The Morgan fingerprint density at radius 3 is 2.75 bits per heavy atom. The van der Waals surface area contributed by atoms with Gasteiger partial charge in [-0.3, -0.25) is 4.90 Å². The number of aliphatic hydroxyl groups excluding tert-OH is 1. The van der Waals surface area contributed by atoms with E-state index in [9.17, 15) is 5.11 Å². The molecule has 1 aliphatic rings. The summed E-state index contributed by atoms with van der Waals surface area (Å²) < 4.78 is 1.88. The predicted molar refractivity (Wildman–Crippen MR) is 94.7 cm³/mol. The molecule has 24 heavy (non-hydrogen) atoms. The molecule has 0 aliphatic carbocycles. The normalized spacial score (nSPS) is 16.9. The van der Waals surface area contributed by atoms with E-state index in [2.05, 4.69) is 50.9 Å². The lowest BCUT2D eigenvalue weighted by molar-refractivity contribution is 0.0906. The van der Waals surface area contributed by atoms with Crippen LogP contribution in [0, 0.1) is 0 Å². The van der Waals surface area contributed by atoms with E-state index in [4.69, 9.17) is 0 Å². The van der Waals surface area contributed by atoms with Crippen LogP contribution in [0.4, 0.5) is 0 Å². The highest BCUT2D eigenvalue weighted by molar-refractivity contribution is 7.10. The van der Waals surface area contributed by atoms with Crippen molar-refractivity contribution < 1.29 is 5.11 Å². The lowest BCUT2D eigenvalue weighted by Gasteiger charge is -2.38. The van der Waals surface area contributed by atoms with Gasteiger partial charge in [-0.25, -0.2) is 4.68 Å². The minimum Gasteiger partial charge on any atom is -0.387 e. The number of benzene rings is 1. The van der Waals surface area contributed by atoms with E-state index >= 15 is 0 Å². The average Bonchev–Trinajstić information content (AvgIpc) is 3.21. The van der Waals surface area contributed by atoms with Crippen molar-refractivity contribution in [2.24, 2.45) is 0 Å². The minimum atomic E-state index is -0.558. The van der Waals surface area contributed by atoms with Crippen LogP contribution in [0.5, 0.6) is 0 Å². The molecule has 2 aromatic heterocycles. The van der Waals surface area contributed by atoms with Crippen LogP contribution in [0.2, 0.25) is 0 Å². The van der Waals surface area contributed by atoms with Crippen LogP contribution in [0.3, 0.4) is 0 Å². The largest absolute Gasteiger partial charge is 0.387 e. The van der Waals surface area contributed by atoms with Crippen LogP contribution in [0.15, 0.2) is 48.0 Å². The molecule has 6 heteroatoms. The molecule has 5 nitrogen and oxygen atoms in total. The summed E-state index contributed by atoms with van der Waals surface area (Å²) in [4.78, 5) is 3.80. The molecule has 1 aromatic carbocycles. The molecule has 124 valence electrons. The number of aromatic nitrogens is 3. The lowest BCUT2D eigenvalue weighted by Crippen LogP contribution is -2.47. The molecule has 3 heterocycles. The van der Waals surface area contributed by atoms with Gasteiger partial charge in [0.05, 0.1) is 18.3 Å². The van der Waals surface area contributed by atoms with Gasteiger partial charge in [-0.2, -0.15) is 0 Å². The molecule has 0 radical (unpaired) electrons. The van der Waals surface area contributed by atoms with Crippen LogP contribution in [-0.4, -0.2) is 38.1 Å². The topological polar surface area (TPSA) is 54.2 Å². The zero-order valence-corrected chi connectivity index (χ0v) is 14.4. The van der Waals surface area contributed by atoms with Gasteiger partial charge >= 0.3 is 0 Å². The fourth-order valence-electron chi connectivity index (χ4n) is 2.97. The fraction of sp³-hybridized carbons (Fsp3) is 0.333. The van der Waals surface area contributed by atoms with Crippen LogP contribution in [0.25, 0.3) is 11.1 Å². The number of hydrogen-bond acceptors (Lipinski definition) is 5. The van der Waals surface area contributed by atoms with Crippen molar-refractivity contribution in [1.29, 1.82) is 0 Å². The summed E-state index contributed by atoms with van der Waals surface area (Å²) in [6, 6.07) is 13.1. The van der Waals surface area contributed by atoms with Crippen molar-refractivity contribution in [3.05, 3.63) is 58.5 Å². The highest BCUT2D eigenvalue weighted by Gasteiger charge is 2.29. The fourth-order valence-corrected chi connectivity index (χ4v) is 3.90. The Bertz CT molecular complexity index is 805. The Balaban J connectivity index is 1.34. The SMILES string of the molecule is CC(O)c1cn(C2CN(Cc3cc(-c4ccccc4)cs3)C2)nn1. The lowest BCUT2D eigenvalue weighted by atomic mass is 10.1. The van der Waals surface area contributed by atoms with Gasteiger partial charge in [-0.1, -0.05) is 35.5 Å². The molecule has 1 fully saturated rings. The molecular formula is C18H20N4OS. The minimum absolute atomic E-state index is 0.360. The van der Waals surface area contributed by atoms with Gasteiger partial charge in [0, 0.05) is 24.5 Å². The standard InChI is InChI=1S/C18H20N4OS/c1-13(23)18-11-22(20-19-18)16-8-21(9-16)10-17-7-15(12-24-17)14-5-3-2-4-6-14/h2-7,11-13,16,23H,8-10H2,1H3. The molecule has 0 amide bonds. The summed E-state index contributed by atoms with van der Waals surface area (Å²) in [7, 11) is 0. The molecule has 0 saturated carbocycles. The van der Waals surface area contributed by atoms with Crippen LogP contribution >= 0.6 is 11.3 Å². The van der Waals surface area contributed by atoms with Gasteiger partial charge in [0.25, 0.3) is 0 Å². The number of thiophene rings is 1. The summed E-state index contributed by atoms with van der Waals surface area (Å²) in [6.45, 7) is 4.64. The van der Waals surface area contributed by atoms with E-state index in [0.29, 0.717) is 11.7 Å². The highest BCUT2D eigenvalue weighted by Crippen LogP contribution is 2.29. The third-order valence-electron chi connectivity index (χ3n) is 4.41. The third kappa shape index (κ3) is 3.13. The molecule has 0 spiro atoms. The second kappa shape index (κ2) is 6.47. The Morgan fingerprint density at radius 1 is 1.25 bits per heavy atom. The maximum absolute atomic E-state index is 9.53. The number of rotatable bonds is 5. The second-order valence-electron chi connectivity index (χ2n) is 6.32. The Morgan fingerprint density at radius 2 is 2.04 bits per heavy atom. The second-order valence-corrected chi connectivity index (χ2v) is 7.31. The Hall–Kier alpha value is -2.02. The van der Waals surface area contributed by atoms with Crippen LogP contribution < -0.4 is 0 Å². The molecule has 1 aliphatic heterocycles. The first-order valence-electron chi connectivity index (χ1n) is 8.14. The van der Waals surface area contributed by atoms with Gasteiger partial charge in [-0.05, 0) is 29.5 Å². The molecule has 1 atom stereocenters. The number of hydrogen-bond donors (Lipinski definition) is 1. The van der Waals surface area contributed by atoms with Crippen molar-refractivity contribution in [1.82, 2.24) is 19.9 Å². The maximum atomic E-state index is 9.53. The van der Waals surface area contributed by atoms with Crippen molar-refractivity contribution in [3.8, 4) is 11.1 Å². The monoisotopic (exact) mass is 340 g/mol. The molecule has 1 saturated heterocycles.